The van der Waals surface area contributed by atoms with Crippen molar-refractivity contribution in [1.29, 1.82) is 0 Å². The number of hydrogen-bond acceptors (Lipinski definition) is 6. The largest absolute Gasteiger partial charge is 0.476 e. The average molecular weight is 451 g/mol. The van der Waals surface area contributed by atoms with Crippen LogP contribution in [0.25, 0.3) is 11.0 Å². The molecule has 7 nitrogen and oxygen atoms in total. The maximum Gasteiger partial charge on any atom is 0.356 e. The number of anilines is 2. The Kier molecular flexibility index (Phi) is 5.11. The number of piperidine rings is 1. The van der Waals surface area contributed by atoms with E-state index in [9.17, 15) is 19.1 Å². The predicted molar refractivity (Wildman–Crippen MR) is 124 cm³/mol. The van der Waals surface area contributed by atoms with Crippen LogP contribution >= 0.6 is 0 Å². The van der Waals surface area contributed by atoms with Gasteiger partial charge in [-0.15, -0.1) is 0 Å². The molecule has 2 aromatic heterocycles. The normalized spacial score (nSPS) is 17.8. The highest BCUT2D eigenvalue weighted by atomic mass is 19.1. The Balaban J connectivity index is 1.56. The molecule has 3 aromatic rings. The summed E-state index contributed by atoms with van der Waals surface area (Å²) in [6.07, 6.45) is 6.12. The van der Waals surface area contributed by atoms with E-state index in [1.807, 2.05) is 0 Å². The predicted octanol–water partition coefficient (Wildman–Crippen LogP) is 4.89. The summed E-state index contributed by atoms with van der Waals surface area (Å²) < 4.78 is 20.8. The monoisotopic (exact) mass is 451 g/mol. The third kappa shape index (κ3) is 3.83. The van der Waals surface area contributed by atoms with E-state index >= 15 is 0 Å². The van der Waals surface area contributed by atoms with Crippen LogP contribution in [0.1, 0.15) is 60.3 Å². The van der Waals surface area contributed by atoms with Crippen molar-refractivity contribution in [2.75, 3.05) is 23.3 Å². The van der Waals surface area contributed by atoms with Crippen molar-refractivity contribution in [2.24, 2.45) is 5.41 Å². The zero-order chi connectivity index (χ0) is 23.3. The van der Waals surface area contributed by atoms with Gasteiger partial charge in [0.25, 0.3) is 0 Å². The maximum atomic E-state index is 14.5. The van der Waals surface area contributed by atoms with Crippen molar-refractivity contribution in [3.05, 3.63) is 63.3 Å². The van der Waals surface area contributed by atoms with E-state index in [1.165, 1.54) is 31.2 Å². The number of carboxylic acid groups (broad SMARTS) is 1. The third-order valence-electron chi connectivity index (χ3n) is 7.10. The molecule has 1 spiro atoms. The summed E-state index contributed by atoms with van der Waals surface area (Å²) in [5.74, 6) is -1.18. The molecule has 1 aliphatic carbocycles. The molecule has 0 radical (unpaired) electrons. The first-order valence-electron chi connectivity index (χ1n) is 11.2. The van der Waals surface area contributed by atoms with Gasteiger partial charge in [-0.3, -0.25) is 4.79 Å². The Hall–Kier alpha value is -3.42. The fourth-order valence-corrected chi connectivity index (χ4v) is 4.86. The van der Waals surface area contributed by atoms with Gasteiger partial charge in [0, 0.05) is 24.8 Å². The molecule has 2 N–H and O–H groups in total. The number of aromatic nitrogens is 1. The fraction of sp³-hybridized carbons (Fsp3) is 0.400. The van der Waals surface area contributed by atoms with Gasteiger partial charge in [-0.05, 0) is 69.2 Å². The van der Waals surface area contributed by atoms with Gasteiger partial charge < -0.3 is 19.7 Å². The lowest BCUT2D eigenvalue weighted by molar-refractivity contribution is 0.0691. The van der Waals surface area contributed by atoms with E-state index in [4.69, 9.17) is 4.42 Å². The van der Waals surface area contributed by atoms with Crippen molar-refractivity contribution in [3.8, 4) is 0 Å². The number of pyridine rings is 1. The van der Waals surface area contributed by atoms with E-state index in [-0.39, 0.29) is 16.5 Å². The number of carboxylic acids is 1. The molecule has 1 saturated carbocycles. The molecule has 1 aromatic carbocycles. The maximum absolute atomic E-state index is 14.5. The van der Waals surface area contributed by atoms with E-state index in [1.54, 1.807) is 26.0 Å². The van der Waals surface area contributed by atoms with Gasteiger partial charge >= 0.3 is 5.97 Å². The molecule has 1 atom stereocenters. The number of benzene rings is 1. The topological polar surface area (TPSA) is 95.7 Å². The van der Waals surface area contributed by atoms with Gasteiger partial charge in [0.05, 0.1) is 22.7 Å². The molecule has 1 saturated heterocycles. The highest BCUT2D eigenvalue weighted by molar-refractivity contribution is 5.92. The number of nitrogens with one attached hydrogen (secondary N) is 1. The number of fused-ring (bicyclic) bond motifs is 1. The van der Waals surface area contributed by atoms with Crippen LogP contribution in [0, 0.1) is 18.2 Å². The van der Waals surface area contributed by atoms with E-state index in [0.717, 1.165) is 25.9 Å². The number of hydrogen-bond donors (Lipinski definition) is 2. The quantitative estimate of drug-likeness (QED) is 0.570. The Bertz CT molecular complexity index is 1300. The molecule has 1 aliphatic heterocycles. The lowest BCUT2D eigenvalue weighted by Gasteiger charge is -2.33. The number of aromatic carboxylic acids is 1. The van der Waals surface area contributed by atoms with Gasteiger partial charge in [-0.1, -0.05) is 0 Å². The Morgan fingerprint density at radius 1 is 1.27 bits per heavy atom. The molecule has 172 valence electrons. The summed E-state index contributed by atoms with van der Waals surface area (Å²) in [6.45, 7) is 5.15. The number of halogens is 1. The summed E-state index contributed by atoms with van der Waals surface area (Å²) >= 11 is 0. The van der Waals surface area contributed by atoms with Crippen LogP contribution in [0.15, 0.2) is 39.7 Å². The molecule has 33 heavy (non-hydrogen) atoms. The van der Waals surface area contributed by atoms with Crippen molar-refractivity contribution in [1.82, 2.24) is 4.98 Å². The minimum atomic E-state index is -1.17. The van der Waals surface area contributed by atoms with Crippen LogP contribution in [0.5, 0.6) is 0 Å². The molecule has 2 aliphatic rings. The van der Waals surface area contributed by atoms with Gasteiger partial charge in [0.15, 0.2) is 11.1 Å². The first-order valence-corrected chi connectivity index (χ1v) is 11.2. The highest BCUT2D eigenvalue weighted by Gasteiger charge is 2.45. The summed E-state index contributed by atoms with van der Waals surface area (Å²) in [5.41, 5.74) is 1.64. The SMILES string of the molecule is Cc1c(N2CCC3(CC2)CC3)oc2c(C(C)Nc3cccnc3C(=O)O)cc(F)cc2c1=O. The smallest absolute Gasteiger partial charge is 0.356 e. The third-order valence-corrected chi connectivity index (χ3v) is 7.10. The Morgan fingerprint density at radius 2 is 2.00 bits per heavy atom. The molecule has 5 rings (SSSR count). The standard InChI is InChI=1S/C25H26FN3O4/c1-14-21(30)18-13-16(26)12-17(15(2)28-19-4-3-9-27-20(19)24(31)32)22(18)33-23(14)29-10-7-25(5-6-25)8-11-29/h3-4,9,12-13,15,28H,5-8,10-11H2,1-2H3,(H,31,32). The lowest BCUT2D eigenvalue weighted by atomic mass is 9.93. The van der Waals surface area contributed by atoms with Gasteiger partial charge in [0.1, 0.15) is 11.4 Å². The summed E-state index contributed by atoms with van der Waals surface area (Å²) in [6, 6.07) is 5.21. The zero-order valence-electron chi connectivity index (χ0n) is 18.7. The minimum Gasteiger partial charge on any atom is -0.476 e. The van der Waals surface area contributed by atoms with Gasteiger partial charge in [-0.2, -0.15) is 0 Å². The van der Waals surface area contributed by atoms with Crippen LogP contribution in [0.3, 0.4) is 0 Å². The van der Waals surface area contributed by atoms with Crippen molar-refractivity contribution >= 4 is 28.5 Å². The molecular formula is C25H26FN3O4. The Morgan fingerprint density at radius 3 is 2.67 bits per heavy atom. The fourth-order valence-electron chi connectivity index (χ4n) is 4.86. The first kappa shape index (κ1) is 21.4. The van der Waals surface area contributed by atoms with Gasteiger partial charge in [-0.25, -0.2) is 14.2 Å². The molecule has 8 heteroatoms. The summed E-state index contributed by atoms with van der Waals surface area (Å²) in [5, 5.41) is 12.7. The van der Waals surface area contributed by atoms with E-state index < -0.39 is 17.8 Å². The minimum absolute atomic E-state index is 0.134. The Labute approximate surface area is 190 Å². The lowest BCUT2D eigenvalue weighted by Crippen LogP contribution is -2.35. The van der Waals surface area contributed by atoms with Crippen molar-refractivity contribution in [2.45, 2.75) is 45.6 Å². The van der Waals surface area contributed by atoms with Crippen molar-refractivity contribution in [3.63, 3.8) is 0 Å². The second kappa shape index (κ2) is 7.86. The second-order valence-corrected chi connectivity index (χ2v) is 9.29. The molecule has 2 fully saturated rings. The zero-order valence-corrected chi connectivity index (χ0v) is 18.7. The molecule has 3 heterocycles. The van der Waals surface area contributed by atoms with Crippen LogP contribution in [0.4, 0.5) is 16.0 Å². The second-order valence-electron chi connectivity index (χ2n) is 9.29. The highest BCUT2D eigenvalue weighted by Crippen LogP contribution is 2.54. The van der Waals surface area contributed by atoms with Crippen LogP contribution in [-0.2, 0) is 0 Å². The summed E-state index contributed by atoms with van der Waals surface area (Å²) in [4.78, 5) is 30.8. The number of carbonyl (C=O) groups is 1. The van der Waals surface area contributed by atoms with Crippen LogP contribution < -0.4 is 15.6 Å². The van der Waals surface area contributed by atoms with Crippen molar-refractivity contribution < 1.29 is 18.7 Å². The molecule has 0 bridgehead atoms. The molecule has 0 amide bonds. The van der Waals surface area contributed by atoms with E-state index in [0.29, 0.717) is 33.7 Å². The first-order chi connectivity index (χ1) is 15.8. The number of nitrogens with zero attached hydrogens (tertiary/aromatic N) is 2. The van der Waals surface area contributed by atoms with Crippen LogP contribution in [0.2, 0.25) is 0 Å². The molecular weight excluding hydrogens is 425 g/mol. The van der Waals surface area contributed by atoms with Crippen LogP contribution in [-0.4, -0.2) is 29.1 Å². The van der Waals surface area contributed by atoms with Gasteiger partial charge in [0.2, 0.25) is 5.88 Å². The average Bonchev–Trinajstić information content (AvgIpc) is 3.55. The van der Waals surface area contributed by atoms with E-state index in [2.05, 4.69) is 15.2 Å². The summed E-state index contributed by atoms with van der Waals surface area (Å²) in [7, 11) is 0. The molecule has 1 unspecified atom stereocenters. The number of rotatable bonds is 5.